The zero-order valence-electron chi connectivity index (χ0n) is 11.9. The summed E-state index contributed by atoms with van der Waals surface area (Å²) in [6, 6.07) is 3.80. The average Bonchev–Trinajstić information content (AvgIpc) is 3.04. The summed E-state index contributed by atoms with van der Waals surface area (Å²) in [6.45, 7) is 2.08. The number of nitrogens with zero attached hydrogens (tertiary/aromatic N) is 3. The van der Waals surface area contributed by atoms with Crippen molar-refractivity contribution in [1.29, 1.82) is 0 Å². The van der Waals surface area contributed by atoms with E-state index in [9.17, 15) is 0 Å². The lowest BCUT2D eigenvalue weighted by atomic mass is 10.2. The number of fused-ring (bicyclic) bond motifs is 1. The molecule has 0 aliphatic carbocycles. The molecule has 2 aromatic rings. The quantitative estimate of drug-likeness (QED) is 0.670. The molecule has 1 aliphatic rings. The maximum Gasteiger partial charge on any atom is 0.164 e. The van der Waals surface area contributed by atoms with E-state index in [1.807, 2.05) is 18.4 Å². The van der Waals surface area contributed by atoms with Crippen molar-refractivity contribution in [2.45, 2.75) is 5.03 Å². The van der Waals surface area contributed by atoms with Crippen molar-refractivity contribution in [3.63, 3.8) is 0 Å². The fourth-order valence-corrected chi connectivity index (χ4v) is 2.70. The van der Waals surface area contributed by atoms with Gasteiger partial charge in [-0.3, -0.25) is 4.99 Å². The van der Waals surface area contributed by atoms with Crippen LogP contribution in [0.2, 0.25) is 0 Å². The topological polar surface area (TPSA) is 68.6 Å². The van der Waals surface area contributed by atoms with Gasteiger partial charge in [0.1, 0.15) is 23.8 Å². The summed E-state index contributed by atoms with van der Waals surface area (Å²) in [5.74, 6) is 2.20. The Labute approximate surface area is 127 Å². The molecule has 0 fully saturated rings. The van der Waals surface area contributed by atoms with Crippen molar-refractivity contribution < 1.29 is 9.47 Å². The Morgan fingerprint density at radius 3 is 2.90 bits per heavy atom. The number of thioether (sulfide) groups is 1. The first-order valence-electron chi connectivity index (χ1n) is 6.58. The minimum absolute atomic E-state index is 0.405. The Hall–Kier alpha value is -2.02. The standard InChI is InChI=1S/C14H16N4O2S/c1-19-11-5-9-10(17-8-18-14(9)21-2)6-12(11)20-7-13-15-3-4-16-13/h5-6,8H,3-4,7H2,1-2H3,(H,15,16). The van der Waals surface area contributed by atoms with Crippen molar-refractivity contribution in [2.24, 2.45) is 4.99 Å². The SMILES string of the molecule is COc1cc2c(SC)ncnc2cc1OCC1=NCCN1. The first-order chi connectivity index (χ1) is 10.3. The molecule has 1 aromatic heterocycles. The Bertz CT molecular complexity index is 690. The van der Waals surface area contributed by atoms with E-state index in [0.29, 0.717) is 18.1 Å². The smallest absolute Gasteiger partial charge is 0.164 e. The molecule has 0 atom stereocenters. The molecule has 0 spiro atoms. The number of benzene rings is 1. The minimum atomic E-state index is 0.405. The number of amidine groups is 1. The summed E-state index contributed by atoms with van der Waals surface area (Å²) in [5, 5.41) is 5.06. The highest BCUT2D eigenvalue weighted by Gasteiger charge is 2.13. The number of nitrogens with one attached hydrogen (secondary N) is 1. The van der Waals surface area contributed by atoms with Crippen LogP contribution in [0.15, 0.2) is 28.5 Å². The fourth-order valence-electron chi connectivity index (χ4n) is 2.17. The Morgan fingerprint density at radius 2 is 2.19 bits per heavy atom. The van der Waals surface area contributed by atoms with E-state index in [-0.39, 0.29) is 0 Å². The second kappa shape index (κ2) is 6.17. The monoisotopic (exact) mass is 304 g/mol. The van der Waals surface area contributed by atoms with E-state index >= 15 is 0 Å². The van der Waals surface area contributed by atoms with Gasteiger partial charge in [0.05, 0.1) is 19.2 Å². The fraction of sp³-hybridized carbons (Fsp3) is 0.357. The number of rotatable bonds is 5. The van der Waals surface area contributed by atoms with Gasteiger partial charge in [-0.05, 0) is 12.3 Å². The highest BCUT2D eigenvalue weighted by Crippen LogP contribution is 2.34. The molecule has 7 heteroatoms. The van der Waals surface area contributed by atoms with Gasteiger partial charge in [-0.15, -0.1) is 11.8 Å². The highest BCUT2D eigenvalue weighted by molar-refractivity contribution is 7.98. The zero-order chi connectivity index (χ0) is 14.7. The third-order valence-corrected chi connectivity index (χ3v) is 3.90. The van der Waals surface area contributed by atoms with Gasteiger partial charge in [-0.1, -0.05) is 0 Å². The lowest BCUT2D eigenvalue weighted by molar-refractivity contribution is 0.334. The molecule has 0 amide bonds. The van der Waals surface area contributed by atoms with Gasteiger partial charge in [0.25, 0.3) is 0 Å². The number of aliphatic imine (C=N–C) groups is 1. The molecule has 0 saturated carbocycles. The van der Waals surface area contributed by atoms with Crippen LogP contribution in [0, 0.1) is 0 Å². The van der Waals surface area contributed by atoms with Crippen LogP contribution in [-0.2, 0) is 0 Å². The molecule has 0 unspecified atom stereocenters. The number of ether oxygens (including phenoxy) is 2. The van der Waals surface area contributed by atoms with Crippen molar-refractivity contribution in [3.8, 4) is 11.5 Å². The summed E-state index contributed by atoms with van der Waals surface area (Å²) < 4.78 is 11.2. The van der Waals surface area contributed by atoms with Gasteiger partial charge >= 0.3 is 0 Å². The molecular weight excluding hydrogens is 288 g/mol. The Morgan fingerprint density at radius 1 is 1.29 bits per heavy atom. The van der Waals surface area contributed by atoms with Gasteiger partial charge in [0.15, 0.2) is 11.5 Å². The van der Waals surface area contributed by atoms with Crippen LogP contribution >= 0.6 is 11.8 Å². The van der Waals surface area contributed by atoms with Crippen molar-refractivity contribution in [2.75, 3.05) is 33.1 Å². The molecule has 6 nitrogen and oxygen atoms in total. The van der Waals surface area contributed by atoms with E-state index in [0.717, 1.165) is 34.9 Å². The maximum absolute atomic E-state index is 5.81. The van der Waals surface area contributed by atoms with Crippen LogP contribution in [0.4, 0.5) is 0 Å². The van der Waals surface area contributed by atoms with Gasteiger partial charge in [0.2, 0.25) is 0 Å². The number of hydrogen-bond donors (Lipinski definition) is 1. The van der Waals surface area contributed by atoms with Crippen LogP contribution in [0.5, 0.6) is 11.5 Å². The predicted molar refractivity (Wildman–Crippen MR) is 83.7 cm³/mol. The largest absolute Gasteiger partial charge is 0.493 e. The normalized spacial score (nSPS) is 13.9. The Balaban J connectivity index is 1.93. The summed E-state index contributed by atoms with van der Waals surface area (Å²) >= 11 is 1.58. The van der Waals surface area contributed by atoms with Crippen molar-refractivity contribution >= 4 is 28.5 Å². The molecule has 3 rings (SSSR count). The van der Waals surface area contributed by atoms with Crippen LogP contribution in [0.25, 0.3) is 10.9 Å². The molecule has 1 aromatic carbocycles. The number of methoxy groups -OCH3 is 1. The molecule has 110 valence electrons. The third-order valence-electron chi connectivity index (χ3n) is 3.19. The third kappa shape index (κ3) is 2.87. The van der Waals surface area contributed by atoms with Gasteiger partial charge in [0, 0.05) is 18.0 Å². The van der Waals surface area contributed by atoms with Crippen LogP contribution in [0.1, 0.15) is 0 Å². The molecular formula is C14H16N4O2S. The summed E-state index contributed by atoms with van der Waals surface area (Å²) in [5.41, 5.74) is 0.839. The predicted octanol–water partition coefficient (Wildman–Crippen LogP) is 1.74. The molecule has 1 N–H and O–H groups in total. The highest BCUT2D eigenvalue weighted by atomic mass is 32.2. The van der Waals surface area contributed by atoms with E-state index < -0.39 is 0 Å². The lowest BCUT2D eigenvalue weighted by Gasteiger charge is -2.12. The molecule has 0 bridgehead atoms. The summed E-state index contributed by atoms with van der Waals surface area (Å²) in [4.78, 5) is 12.9. The van der Waals surface area contributed by atoms with Crippen LogP contribution in [0.3, 0.4) is 0 Å². The van der Waals surface area contributed by atoms with Gasteiger partial charge in [-0.2, -0.15) is 0 Å². The number of aromatic nitrogens is 2. The summed E-state index contributed by atoms with van der Waals surface area (Å²) in [7, 11) is 1.63. The average molecular weight is 304 g/mol. The van der Waals surface area contributed by atoms with Crippen LogP contribution in [-0.4, -0.2) is 48.9 Å². The summed E-state index contributed by atoms with van der Waals surface area (Å²) in [6.07, 6.45) is 3.55. The number of hydrogen-bond acceptors (Lipinski definition) is 7. The van der Waals surface area contributed by atoms with E-state index in [1.54, 1.807) is 25.2 Å². The van der Waals surface area contributed by atoms with E-state index in [1.165, 1.54) is 0 Å². The van der Waals surface area contributed by atoms with Crippen molar-refractivity contribution in [3.05, 3.63) is 18.5 Å². The van der Waals surface area contributed by atoms with E-state index in [2.05, 4.69) is 20.3 Å². The van der Waals surface area contributed by atoms with Crippen LogP contribution < -0.4 is 14.8 Å². The first-order valence-corrected chi connectivity index (χ1v) is 7.81. The van der Waals surface area contributed by atoms with Gasteiger partial charge < -0.3 is 14.8 Å². The minimum Gasteiger partial charge on any atom is -0.493 e. The second-order valence-electron chi connectivity index (χ2n) is 4.45. The molecule has 1 aliphatic heterocycles. The van der Waals surface area contributed by atoms with Gasteiger partial charge in [-0.25, -0.2) is 9.97 Å². The lowest BCUT2D eigenvalue weighted by Crippen LogP contribution is -2.25. The zero-order valence-corrected chi connectivity index (χ0v) is 12.7. The van der Waals surface area contributed by atoms with E-state index in [4.69, 9.17) is 9.47 Å². The van der Waals surface area contributed by atoms with Crippen molar-refractivity contribution in [1.82, 2.24) is 15.3 Å². The second-order valence-corrected chi connectivity index (χ2v) is 5.24. The molecule has 0 radical (unpaired) electrons. The molecule has 2 heterocycles. The Kier molecular flexibility index (Phi) is 4.10. The molecule has 0 saturated heterocycles. The maximum atomic E-state index is 5.81. The molecule has 21 heavy (non-hydrogen) atoms. The first kappa shape index (κ1) is 13.9.